The third-order valence-corrected chi connectivity index (χ3v) is 6.12. The van der Waals surface area contributed by atoms with Crippen LogP contribution in [0.3, 0.4) is 0 Å². The highest BCUT2D eigenvalue weighted by molar-refractivity contribution is 8.18. The zero-order valence-electron chi connectivity index (χ0n) is 19.3. The molecule has 0 saturated carbocycles. The maximum absolute atomic E-state index is 12.6. The van der Waals surface area contributed by atoms with Crippen molar-refractivity contribution in [2.45, 2.75) is 13.5 Å². The van der Waals surface area contributed by atoms with Crippen molar-refractivity contribution in [3.05, 3.63) is 116 Å². The molecule has 0 aromatic heterocycles. The molecule has 36 heavy (non-hydrogen) atoms. The van der Waals surface area contributed by atoms with E-state index in [1.165, 1.54) is 12.1 Å². The number of aliphatic hydroxyl groups excluding tert-OH is 1. The standard InChI is InChI=1S/C27H22N2O6S/c1-2-34-27(31)24-25(30)23(36-26(24)28-20-9-4-3-5-10-20)16-19-8-6-7-11-22(19)35-17-18-12-14-21(15-13-18)29(32)33/h3-16,30H,2,17H2,1H3/b23-16-,28-26?. The molecule has 0 unspecified atom stereocenters. The summed E-state index contributed by atoms with van der Waals surface area (Å²) in [7, 11) is 0. The van der Waals surface area contributed by atoms with E-state index in [1.807, 2.05) is 36.4 Å². The van der Waals surface area contributed by atoms with Gasteiger partial charge in [-0.1, -0.05) is 48.2 Å². The Morgan fingerprint density at radius 3 is 2.44 bits per heavy atom. The van der Waals surface area contributed by atoms with Crippen molar-refractivity contribution in [3.8, 4) is 5.75 Å². The van der Waals surface area contributed by atoms with E-state index in [9.17, 15) is 20.0 Å². The van der Waals surface area contributed by atoms with Crippen molar-refractivity contribution in [3.63, 3.8) is 0 Å². The normalized spacial score (nSPS) is 15.4. The van der Waals surface area contributed by atoms with Crippen LogP contribution in [0.5, 0.6) is 5.75 Å². The van der Waals surface area contributed by atoms with E-state index in [4.69, 9.17) is 9.47 Å². The summed E-state index contributed by atoms with van der Waals surface area (Å²) in [5.41, 5.74) is 2.11. The Bertz CT molecular complexity index is 1360. The predicted octanol–water partition coefficient (Wildman–Crippen LogP) is 6.37. The molecule has 0 fully saturated rings. The molecule has 0 saturated heterocycles. The molecule has 0 aliphatic carbocycles. The number of nitro benzene ring substituents is 1. The number of nitro groups is 1. The molecule has 8 nitrogen and oxygen atoms in total. The summed E-state index contributed by atoms with van der Waals surface area (Å²) in [6, 6.07) is 22.5. The van der Waals surface area contributed by atoms with E-state index >= 15 is 0 Å². The van der Waals surface area contributed by atoms with Crippen LogP contribution < -0.4 is 4.74 Å². The first-order chi connectivity index (χ1) is 17.5. The van der Waals surface area contributed by atoms with Gasteiger partial charge in [0, 0.05) is 17.7 Å². The van der Waals surface area contributed by atoms with Crippen molar-refractivity contribution in [1.82, 2.24) is 0 Å². The van der Waals surface area contributed by atoms with E-state index in [2.05, 4.69) is 4.99 Å². The summed E-state index contributed by atoms with van der Waals surface area (Å²) >= 11 is 1.16. The summed E-state index contributed by atoms with van der Waals surface area (Å²) < 4.78 is 11.1. The molecule has 3 aromatic carbocycles. The van der Waals surface area contributed by atoms with E-state index in [0.29, 0.717) is 26.9 Å². The third-order valence-electron chi connectivity index (χ3n) is 5.10. The molecule has 3 aromatic rings. The number of hydrogen-bond acceptors (Lipinski definition) is 8. The number of non-ortho nitro benzene ring substituents is 1. The number of ether oxygens (including phenoxy) is 2. The number of thioether (sulfide) groups is 1. The van der Waals surface area contributed by atoms with Gasteiger partial charge in [-0.15, -0.1) is 0 Å². The molecule has 0 spiro atoms. The van der Waals surface area contributed by atoms with Crippen molar-refractivity contribution in [1.29, 1.82) is 0 Å². The number of carbonyl (C=O) groups is 1. The molecule has 0 bridgehead atoms. The average Bonchev–Trinajstić information content (AvgIpc) is 3.18. The number of rotatable bonds is 8. The SMILES string of the molecule is CCOC(=O)C1=C(O)/C(=C/c2ccccc2OCc2ccc([N+](=O)[O-])cc2)SC1=Nc1ccccc1. The van der Waals surface area contributed by atoms with Crippen LogP contribution >= 0.6 is 11.8 Å². The third kappa shape index (κ3) is 5.81. The minimum atomic E-state index is -0.650. The van der Waals surface area contributed by atoms with Gasteiger partial charge < -0.3 is 14.6 Å². The van der Waals surface area contributed by atoms with Gasteiger partial charge >= 0.3 is 5.97 Å². The molecule has 0 amide bonds. The first kappa shape index (κ1) is 24.7. The van der Waals surface area contributed by atoms with Crippen LogP contribution in [0.25, 0.3) is 6.08 Å². The first-order valence-electron chi connectivity index (χ1n) is 11.1. The fraction of sp³-hybridized carbons (Fsp3) is 0.111. The number of benzene rings is 3. The monoisotopic (exact) mass is 502 g/mol. The van der Waals surface area contributed by atoms with Crippen LogP contribution in [0.15, 0.2) is 100 Å². The maximum atomic E-state index is 12.6. The lowest BCUT2D eigenvalue weighted by Crippen LogP contribution is -2.12. The van der Waals surface area contributed by atoms with Crippen molar-refractivity contribution in [2.24, 2.45) is 4.99 Å². The second-order valence-corrected chi connectivity index (χ2v) is 8.59. The minimum absolute atomic E-state index is 0.00905. The Morgan fingerprint density at radius 1 is 1.06 bits per heavy atom. The van der Waals surface area contributed by atoms with Gasteiger partial charge in [-0.2, -0.15) is 0 Å². The molecule has 1 aliphatic rings. The highest BCUT2D eigenvalue weighted by atomic mass is 32.2. The first-order valence-corrected chi connectivity index (χ1v) is 11.9. The molecule has 1 heterocycles. The van der Waals surface area contributed by atoms with Crippen LogP contribution in [0, 0.1) is 10.1 Å². The Labute approximate surface area is 211 Å². The van der Waals surface area contributed by atoms with Crippen molar-refractivity contribution < 1.29 is 24.3 Å². The molecule has 0 radical (unpaired) electrons. The van der Waals surface area contributed by atoms with Gasteiger partial charge in [-0.05, 0) is 48.9 Å². The lowest BCUT2D eigenvalue weighted by Gasteiger charge is -2.10. The molecule has 9 heteroatoms. The summed E-state index contributed by atoms with van der Waals surface area (Å²) in [5.74, 6) is -0.315. The highest BCUT2D eigenvalue weighted by Gasteiger charge is 2.33. The Hall–Kier alpha value is -4.37. The zero-order valence-corrected chi connectivity index (χ0v) is 20.1. The smallest absolute Gasteiger partial charge is 0.344 e. The lowest BCUT2D eigenvalue weighted by atomic mass is 10.1. The highest BCUT2D eigenvalue weighted by Crippen LogP contribution is 2.41. The number of aliphatic imine (C=N–C) groups is 1. The number of hydrogen-bond donors (Lipinski definition) is 1. The largest absolute Gasteiger partial charge is 0.506 e. The van der Waals surface area contributed by atoms with Gasteiger partial charge in [-0.3, -0.25) is 10.1 Å². The minimum Gasteiger partial charge on any atom is -0.506 e. The number of nitrogens with zero attached hydrogens (tertiary/aromatic N) is 2. The van der Waals surface area contributed by atoms with E-state index < -0.39 is 10.9 Å². The van der Waals surface area contributed by atoms with Gasteiger partial charge in [0.15, 0.2) is 0 Å². The van der Waals surface area contributed by atoms with E-state index in [0.717, 1.165) is 17.3 Å². The summed E-state index contributed by atoms with van der Waals surface area (Å²) in [4.78, 5) is 28.0. The number of esters is 1. The number of carbonyl (C=O) groups excluding carboxylic acids is 1. The second-order valence-electron chi connectivity index (χ2n) is 7.56. The topological polar surface area (TPSA) is 111 Å². The van der Waals surface area contributed by atoms with Crippen LogP contribution in [0.4, 0.5) is 11.4 Å². The number of para-hydroxylation sites is 2. The fourth-order valence-electron chi connectivity index (χ4n) is 3.36. The Morgan fingerprint density at radius 2 is 1.75 bits per heavy atom. The maximum Gasteiger partial charge on any atom is 0.344 e. The van der Waals surface area contributed by atoms with Gasteiger partial charge in [0.2, 0.25) is 0 Å². The van der Waals surface area contributed by atoms with Gasteiger partial charge in [-0.25, -0.2) is 9.79 Å². The Kier molecular flexibility index (Phi) is 7.82. The van der Waals surface area contributed by atoms with Crippen molar-refractivity contribution in [2.75, 3.05) is 6.61 Å². The van der Waals surface area contributed by atoms with Crippen LogP contribution in [0.2, 0.25) is 0 Å². The van der Waals surface area contributed by atoms with Crippen molar-refractivity contribution >= 4 is 40.2 Å². The summed E-state index contributed by atoms with van der Waals surface area (Å²) in [6.45, 7) is 2.06. The quantitative estimate of drug-likeness (QED) is 0.216. The molecule has 4 rings (SSSR count). The Balaban J connectivity index is 1.62. The molecule has 1 N–H and O–H groups in total. The van der Waals surface area contributed by atoms with E-state index in [-0.39, 0.29) is 30.2 Å². The van der Waals surface area contributed by atoms with Gasteiger partial charge in [0.25, 0.3) is 5.69 Å². The van der Waals surface area contributed by atoms with Crippen LogP contribution in [0.1, 0.15) is 18.1 Å². The van der Waals surface area contributed by atoms with Gasteiger partial charge in [0.1, 0.15) is 28.7 Å². The molecule has 0 atom stereocenters. The van der Waals surface area contributed by atoms with Crippen LogP contribution in [-0.4, -0.2) is 27.6 Å². The zero-order chi connectivity index (χ0) is 25.5. The predicted molar refractivity (Wildman–Crippen MR) is 139 cm³/mol. The van der Waals surface area contributed by atoms with E-state index in [1.54, 1.807) is 43.3 Å². The second kappa shape index (κ2) is 11.4. The lowest BCUT2D eigenvalue weighted by molar-refractivity contribution is -0.384. The fourth-order valence-corrected chi connectivity index (χ4v) is 4.39. The molecular formula is C27H22N2O6S. The van der Waals surface area contributed by atoms with Gasteiger partial charge in [0.05, 0.1) is 22.1 Å². The molecular weight excluding hydrogens is 480 g/mol. The summed E-state index contributed by atoms with van der Waals surface area (Å²) in [6.07, 6.45) is 1.72. The molecule has 182 valence electrons. The van der Waals surface area contributed by atoms with Crippen LogP contribution in [-0.2, 0) is 16.1 Å². The summed E-state index contributed by atoms with van der Waals surface area (Å²) in [5, 5.41) is 22.1. The molecule has 1 aliphatic heterocycles. The average molecular weight is 503 g/mol. The number of aliphatic hydroxyl groups is 1.